The van der Waals surface area contributed by atoms with Gasteiger partial charge in [-0.3, -0.25) is 4.68 Å². The minimum absolute atomic E-state index is 0.130. The molecular weight excluding hydrogens is 361 g/mol. The number of nitrogens with one attached hydrogen (secondary N) is 1. The molecule has 0 radical (unpaired) electrons. The number of halogens is 1. The SMILES string of the molecule is Cc1nn(Cc2ccc(I)cc2)cc1CNC(C)(C)C. The molecule has 0 aliphatic heterocycles. The third-order valence-corrected chi connectivity index (χ3v) is 3.83. The lowest BCUT2D eigenvalue weighted by Crippen LogP contribution is -2.35. The van der Waals surface area contributed by atoms with Crippen LogP contribution >= 0.6 is 22.6 Å². The van der Waals surface area contributed by atoms with Crippen molar-refractivity contribution in [3.63, 3.8) is 0 Å². The highest BCUT2D eigenvalue weighted by molar-refractivity contribution is 14.1. The third kappa shape index (κ3) is 4.59. The number of rotatable bonds is 4. The van der Waals surface area contributed by atoms with Crippen molar-refractivity contribution in [3.05, 3.63) is 50.9 Å². The number of benzene rings is 1. The van der Waals surface area contributed by atoms with Gasteiger partial charge >= 0.3 is 0 Å². The van der Waals surface area contributed by atoms with Gasteiger partial charge in [0.25, 0.3) is 0 Å². The van der Waals surface area contributed by atoms with Crippen molar-refractivity contribution in [3.8, 4) is 0 Å². The average Bonchev–Trinajstić information content (AvgIpc) is 2.69. The number of aromatic nitrogens is 2. The van der Waals surface area contributed by atoms with E-state index in [2.05, 4.69) is 91.2 Å². The van der Waals surface area contributed by atoms with E-state index in [-0.39, 0.29) is 5.54 Å². The van der Waals surface area contributed by atoms with Gasteiger partial charge < -0.3 is 5.32 Å². The molecule has 2 aromatic rings. The van der Waals surface area contributed by atoms with Crippen LogP contribution in [0.25, 0.3) is 0 Å². The Hall–Kier alpha value is -0.880. The topological polar surface area (TPSA) is 29.9 Å². The second kappa shape index (κ2) is 6.26. The molecule has 1 aromatic carbocycles. The Morgan fingerprint density at radius 3 is 2.45 bits per heavy atom. The van der Waals surface area contributed by atoms with E-state index in [1.165, 1.54) is 14.7 Å². The molecule has 1 aromatic heterocycles. The summed E-state index contributed by atoms with van der Waals surface area (Å²) in [5.41, 5.74) is 3.78. The maximum atomic E-state index is 4.60. The van der Waals surface area contributed by atoms with E-state index in [1.807, 2.05) is 4.68 Å². The predicted molar refractivity (Wildman–Crippen MR) is 91.8 cm³/mol. The van der Waals surface area contributed by atoms with Gasteiger partial charge in [0.15, 0.2) is 0 Å². The summed E-state index contributed by atoms with van der Waals surface area (Å²) in [6.45, 7) is 10.3. The second-order valence-electron chi connectivity index (χ2n) is 6.17. The largest absolute Gasteiger partial charge is 0.308 e. The molecule has 1 N–H and O–H groups in total. The monoisotopic (exact) mass is 383 g/mol. The van der Waals surface area contributed by atoms with Crippen molar-refractivity contribution in [2.24, 2.45) is 0 Å². The van der Waals surface area contributed by atoms with Crippen molar-refractivity contribution in [1.82, 2.24) is 15.1 Å². The molecule has 0 saturated heterocycles. The zero-order valence-electron chi connectivity index (χ0n) is 12.6. The lowest BCUT2D eigenvalue weighted by molar-refractivity contribution is 0.423. The quantitative estimate of drug-likeness (QED) is 0.816. The molecule has 0 atom stereocenters. The molecule has 0 aliphatic carbocycles. The number of nitrogens with zero attached hydrogens (tertiary/aromatic N) is 2. The average molecular weight is 383 g/mol. The number of aryl methyl sites for hydroxylation is 1. The van der Waals surface area contributed by atoms with Crippen LogP contribution in [0.4, 0.5) is 0 Å². The molecule has 3 nitrogen and oxygen atoms in total. The molecule has 20 heavy (non-hydrogen) atoms. The molecule has 0 aliphatic rings. The van der Waals surface area contributed by atoms with Gasteiger partial charge in [0.05, 0.1) is 12.2 Å². The van der Waals surface area contributed by atoms with Crippen LogP contribution in [0.2, 0.25) is 0 Å². The molecule has 0 spiro atoms. The first-order chi connectivity index (χ1) is 9.33. The normalized spacial score (nSPS) is 11.8. The van der Waals surface area contributed by atoms with Gasteiger partial charge in [-0.15, -0.1) is 0 Å². The van der Waals surface area contributed by atoms with Crippen LogP contribution in [0, 0.1) is 10.5 Å². The van der Waals surface area contributed by atoms with Crippen molar-refractivity contribution in [2.75, 3.05) is 0 Å². The lowest BCUT2D eigenvalue weighted by Gasteiger charge is -2.20. The van der Waals surface area contributed by atoms with Gasteiger partial charge in [0, 0.05) is 27.4 Å². The van der Waals surface area contributed by atoms with E-state index >= 15 is 0 Å². The highest BCUT2D eigenvalue weighted by atomic mass is 127. The Morgan fingerprint density at radius 2 is 1.85 bits per heavy atom. The molecule has 0 bridgehead atoms. The van der Waals surface area contributed by atoms with E-state index in [9.17, 15) is 0 Å². The van der Waals surface area contributed by atoms with Crippen LogP contribution in [0.1, 0.15) is 37.6 Å². The molecular formula is C16H22IN3. The Balaban J connectivity index is 2.05. The van der Waals surface area contributed by atoms with E-state index in [0.29, 0.717) is 0 Å². The standard InChI is InChI=1S/C16H22IN3/c1-12-14(9-18-16(2,3)4)11-20(19-12)10-13-5-7-15(17)8-6-13/h5-8,11,18H,9-10H2,1-4H3. The van der Waals surface area contributed by atoms with E-state index < -0.39 is 0 Å². The second-order valence-corrected chi connectivity index (χ2v) is 7.41. The van der Waals surface area contributed by atoms with Crippen LogP contribution in [0.15, 0.2) is 30.5 Å². The molecule has 1 heterocycles. The first-order valence-corrected chi connectivity index (χ1v) is 7.94. The van der Waals surface area contributed by atoms with E-state index in [1.54, 1.807) is 0 Å². The van der Waals surface area contributed by atoms with Crippen molar-refractivity contribution in [1.29, 1.82) is 0 Å². The van der Waals surface area contributed by atoms with Gasteiger partial charge in [0.2, 0.25) is 0 Å². The molecule has 4 heteroatoms. The first kappa shape index (κ1) is 15.5. The molecule has 0 saturated carbocycles. The molecule has 2 rings (SSSR count). The summed E-state index contributed by atoms with van der Waals surface area (Å²) in [4.78, 5) is 0. The summed E-state index contributed by atoms with van der Waals surface area (Å²) in [6, 6.07) is 8.58. The molecule has 0 amide bonds. The zero-order chi connectivity index (χ0) is 14.8. The number of hydrogen-bond acceptors (Lipinski definition) is 2. The van der Waals surface area contributed by atoms with Crippen molar-refractivity contribution in [2.45, 2.75) is 46.3 Å². The first-order valence-electron chi connectivity index (χ1n) is 6.86. The summed E-state index contributed by atoms with van der Waals surface area (Å²) in [6.07, 6.45) is 2.14. The lowest BCUT2D eigenvalue weighted by atomic mass is 10.1. The van der Waals surface area contributed by atoms with Gasteiger partial charge in [-0.2, -0.15) is 5.10 Å². The third-order valence-electron chi connectivity index (χ3n) is 3.12. The smallest absolute Gasteiger partial charge is 0.0659 e. The van der Waals surface area contributed by atoms with Crippen LogP contribution in [0.3, 0.4) is 0 Å². The van der Waals surface area contributed by atoms with Gasteiger partial charge in [-0.1, -0.05) is 12.1 Å². The molecule has 108 valence electrons. The van der Waals surface area contributed by atoms with Gasteiger partial charge in [-0.05, 0) is 68.0 Å². The van der Waals surface area contributed by atoms with Crippen LogP contribution < -0.4 is 5.32 Å². The Kier molecular flexibility index (Phi) is 4.86. The summed E-state index contributed by atoms with van der Waals surface area (Å²) >= 11 is 2.32. The molecule has 0 unspecified atom stereocenters. The minimum Gasteiger partial charge on any atom is -0.308 e. The van der Waals surface area contributed by atoms with Crippen molar-refractivity contribution < 1.29 is 0 Å². The fourth-order valence-corrected chi connectivity index (χ4v) is 2.31. The Labute approximate surface area is 134 Å². The molecule has 0 fully saturated rings. The van der Waals surface area contributed by atoms with E-state index in [0.717, 1.165) is 18.8 Å². The van der Waals surface area contributed by atoms with E-state index in [4.69, 9.17) is 0 Å². The summed E-state index contributed by atoms with van der Waals surface area (Å²) < 4.78 is 3.29. The van der Waals surface area contributed by atoms with Crippen LogP contribution in [-0.4, -0.2) is 15.3 Å². The summed E-state index contributed by atoms with van der Waals surface area (Å²) in [5, 5.41) is 8.11. The zero-order valence-corrected chi connectivity index (χ0v) is 14.7. The fourth-order valence-electron chi connectivity index (χ4n) is 1.95. The Morgan fingerprint density at radius 1 is 1.20 bits per heavy atom. The highest BCUT2D eigenvalue weighted by Gasteiger charge is 2.11. The van der Waals surface area contributed by atoms with Crippen LogP contribution in [0.5, 0.6) is 0 Å². The van der Waals surface area contributed by atoms with Gasteiger partial charge in [-0.25, -0.2) is 0 Å². The van der Waals surface area contributed by atoms with Gasteiger partial charge in [0.1, 0.15) is 0 Å². The maximum Gasteiger partial charge on any atom is 0.0659 e. The number of hydrogen-bond donors (Lipinski definition) is 1. The predicted octanol–water partition coefficient (Wildman–Crippen LogP) is 3.73. The minimum atomic E-state index is 0.130. The summed E-state index contributed by atoms with van der Waals surface area (Å²) in [5.74, 6) is 0. The van der Waals surface area contributed by atoms with Crippen LogP contribution in [-0.2, 0) is 13.1 Å². The summed E-state index contributed by atoms with van der Waals surface area (Å²) in [7, 11) is 0. The highest BCUT2D eigenvalue weighted by Crippen LogP contribution is 2.12. The van der Waals surface area contributed by atoms with Crippen molar-refractivity contribution >= 4 is 22.6 Å². The Bertz CT molecular complexity index is 564. The fraction of sp³-hybridized carbons (Fsp3) is 0.438. The maximum absolute atomic E-state index is 4.60.